The molecule has 3 saturated carbocycles. The highest BCUT2D eigenvalue weighted by Gasteiger charge is 2.57. The van der Waals surface area contributed by atoms with Crippen molar-refractivity contribution in [1.29, 1.82) is 0 Å². The van der Waals surface area contributed by atoms with Crippen LogP contribution in [0.15, 0.2) is 11.6 Å². The highest BCUT2D eigenvalue weighted by Crippen LogP contribution is 2.62. The van der Waals surface area contributed by atoms with Gasteiger partial charge in [-0.2, -0.15) is 0 Å². The topological polar surface area (TPSA) is 85.3 Å². The fourth-order valence-electron chi connectivity index (χ4n) is 11.1. The Morgan fingerprint density at radius 1 is 0.732 bits per heavy atom. The summed E-state index contributed by atoms with van der Waals surface area (Å²) in [5.41, 5.74) is 1.57. The first-order valence-electron chi connectivity index (χ1n) is 24.4. The van der Waals surface area contributed by atoms with Gasteiger partial charge in [0, 0.05) is 38.1 Å². The number of carbonyl (C=O) groups excluding carboxylic acids is 2. The smallest absolute Gasteiger partial charge is 0.306 e. The third-order valence-electron chi connectivity index (χ3n) is 14.5. The molecule has 0 aromatic heterocycles. The van der Waals surface area contributed by atoms with Crippen molar-refractivity contribution in [2.45, 2.75) is 219 Å². The first-order chi connectivity index (χ1) is 27.4. The van der Waals surface area contributed by atoms with Gasteiger partial charge in [0.25, 0.3) is 0 Å². The van der Waals surface area contributed by atoms with Crippen LogP contribution in [0.5, 0.6) is 0 Å². The monoisotopic (exact) mass is 786 g/mol. The molecule has 0 bridgehead atoms. The zero-order valence-corrected chi connectivity index (χ0v) is 36.7. The van der Waals surface area contributed by atoms with Gasteiger partial charge in [-0.15, -0.1) is 0 Å². The van der Waals surface area contributed by atoms with E-state index in [1.165, 1.54) is 108 Å². The third-order valence-corrected chi connectivity index (χ3v) is 14.5. The quantitative estimate of drug-likeness (QED) is 0.0413. The normalized spacial score (nSPS) is 26.0. The molecule has 6 atom stereocenters. The molecule has 0 radical (unpaired) electrons. The Hall–Kier alpha value is -1.28. The van der Waals surface area contributed by atoms with Gasteiger partial charge in [-0.25, -0.2) is 0 Å². The van der Waals surface area contributed by atoms with Crippen LogP contribution in [0.25, 0.3) is 0 Å². The number of rotatable bonds is 32. The van der Waals surface area contributed by atoms with Crippen LogP contribution in [0, 0.1) is 29.1 Å². The fourth-order valence-corrected chi connectivity index (χ4v) is 11.1. The van der Waals surface area contributed by atoms with E-state index in [2.05, 4.69) is 25.7 Å². The Morgan fingerprint density at radius 3 is 1.98 bits per heavy atom. The largest absolute Gasteiger partial charge is 0.462 e. The van der Waals surface area contributed by atoms with Crippen LogP contribution in [-0.4, -0.2) is 73.6 Å². The number of hydrogen-bond donors (Lipinski definition) is 1. The van der Waals surface area contributed by atoms with Gasteiger partial charge in [0.1, 0.15) is 6.10 Å². The zero-order chi connectivity index (χ0) is 39.9. The van der Waals surface area contributed by atoms with Gasteiger partial charge < -0.3 is 24.2 Å². The van der Waals surface area contributed by atoms with Crippen molar-refractivity contribution in [3.05, 3.63) is 11.6 Å². The number of aliphatic hydroxyl groups is 1. The molecule has 0 aromatic rings. The first kappa shape index (κ1) is 47.4. The number of unbranched alkanes of at least 4 members (excludes halogenated alkanes) is 14. The molecule has 324 valence electrons. The molecule has 4 rings (SSSR count). The lowest BCUT2D eigenvalue weighted by atomic mass is 9.52. The summed E-state index contributed by atoms with van der Waals surface area (Å²) in [5, 5.41) is 9.34. The minimum Gasteiger partial charge on any atom is -0.462 e. The number of ketones is 1. The van der Waals surface area contributed by atoms with E-state index in [-0.39, 0.29) is 30.4 Å². The van der Waals surface area contributed by atoms with Crippen molar-refractivity contribution in [2.75, 3.05) is 39.5 Å². The average molecular weight is 786 g/mol. The maximum absolute atomic E-state index is 13.1. The van der Waals surface area contributed by atoms with E-state index in [1.807, 2.05) is 6.08 Å². The SMILES string of the molecule is CCCCOC(CCCCCCCCCCCN(CCCCO)CCCCCCC(=O)OC1CCC2C3CCC4=CC(=O)CCC4C3CCC12C)OCCCC. The lowest BCUT2D eigenvalue weighted by Gasteiger charge is -2.53. The van der Waals surface area contributed by atoms with E-state index in [9.17, 15) is 14.7 Å². The number of hydrogen-bond acceptors (Lipinski definition) is 7. The van der Waals surface area contributed by atoms with Crippen molar-refractivity contribution in [2.24, 2.45) is 29.1 Å². The van der Waals surface area contributed by atoms with Gasteiger partial charge in [-0.3, -0.25) is 9.59 Å². The molecule has 0 amide bonds. The second-order valence-electron chi connectivity index (χ2n) is 18.7. The highest BCUT2D eigenvalue weighted by molar-refractivity contribution is 5.91. The number of esters is 1. The Balaban J connectivity index is 1.01. The molecule has 0 saturated heterocycles. The molecule has 0 aromatic carbocycles. The maximum atomic E-state index is 13.1. The number of carbonyl (C=O) groups is 2. The van der Waals surface area contributed by atoms with Gasteiger partial charge in [0.2, 0.25) is 0 Å². The van der Waals surface area contributed by atoms with E-state index >= 15 is 0 Å². The minimum absolute atomic E-state index is 0.00649. The van der Waals surface area contributed by atoms with Gasteiger partial charge in [-0.1, -0.05) is 97.0 Å². The lowest BCUT2D eigenvalue weighted by molar-refractivity contribution is -0.159. The van der Waals surface area contributed by atoms with E-state index in [1.54, 1.807) is 0 Å². The second kappa shape index (κ2) is 27.5. The lowest BCUT2D eigenvalue weighted by Crippen LogP contribution is -2.48. The van der Waals surface area contributed by atoms with Crippen LogP contribution in [0.4, 0.5) is 0 Å². The van der Waals surface area contributed by atoms with Crippen LogP contribution in [0.3, 0.4) is 0 Å². The van der Waals surface area contributed by atoms with Crippen LogP contribution in [0.1, 0.15) is 207 Å². The number of fused-ring (bicyclic) bond motifs is 5. The minimum atomic E-state index is -0.00649. The molecule has 4 aliphatic carbocycles. The summed E-state index contributed by atoms with van der Waals surface area (Å²) in [5.74, 6) is 3.11. The van der Waals surface area contributed by atoms with E-state index in [4.69, 9.17) is 14.2 Å². The third kappa shape index (κ3) is 16.1. The number of ether oxygens (including phenoxy) is 3. The fraction of sp³-hybridized carbons (Fsp3) is 0.918. The van der Waals surface area contributed by atoms with Gasteiger partial charge in [0.15, 0.2) is 12.1 Å². The molecule has 6 unspecified atom stereocenters. The molecule has 3 fully saturated rings. The second-order valence-corrected chi connectivity index (χ2v) is 18.7. The molecule has 7 heteroatoms. The molecule has 0 aliphatic heterocycles. The van der Waals surface area contributed by atoms with Crippen LogP contribution >= 0.6 is 0 Å². The molecule has 7 nitrogen and oxygen atoms in total. The summed E-state index contributed by atoms with van der Waals surface area (Å²) in [6.45, 7) is 12.2. The Labute approximate surface area is 344 Å². The summed E-state index contributed by atoms with van der Waals surface area (Å²) in [6, 6.07) is 0. The van der Waals surface area contributed by atoms with Crippen LogP contribution in [-0.2, 0) is 23.8 Å². The van der Waals surface area contributed by atoms with Gasteiger partial charge >= 0.3 is 5.97 Å². The maximum Gasteiger partial charge on any atom is 0.306 e. The Morgan fingerprint density at radius 2 is 1.34 bits per heavy atom. The van der Waals surface area contributed by atoms with Gasteiger partial charge in [0.05, 0.1) is 0 Å². The van der Waals surface area contributed by atoms with Crippen molar-refractivity contribution in [3.8, 4) is 0 Å². The summed E-state index contributed by atoms with van der Waals surface area (Å²) < 4.78 is 18.3. The predicted molar refractivity (Wildman–Crippen MR) is 229 cm³/mol. The van der Waals surface area contributed by atoms with E-state index in [0.717, 1.165) is 122 Å². The van der Waals surface area contributed by atoms with Crippen molar-refractivity contribution in [1.82, 2.24) is 4.90 Å². The van der Waals surface area contributed by atoms with Crippen molar-refractivity contribution >= 4 is 11.8 Å². The zero-order valence-electron chi connectivity index (χ0n) is 36.7. The van der Waals surface area contributed by atoms with E-state index in [0.29, 0.717) is 24.0 Å². The standard InChI is InChI=1S/C49H87NO6/c1-4-6-37-54-48(55-38-7-5-2)24-18-13-11-9-8-10-12-15-19-33-50(35-21-22-36-51)34-20-16-14-17-23-47(53)56-46-30-29-45-44-27-25-40-39-41(52)26-28-42(40)43(44)31-32-49(45,46)3/h39,42-46,48,51H,4-38H2,1-3H3. The average Bonchev–Trinajstić information content (AvgIpc) is 3.52. The molecule has 0 heterocycles. The van der Waals surface area contributed by atoms with Crippen molar-refractivity contribution < 1.29 is 28.9 Å². The van der Waals surface area contributed by atoms with Crippen LogP contribution in [0.2, 0.25) is 0 Å². The summed E-state index contributed by atoms with van der Waals surface area (Å²) >= 11 is 0. The first-order valence-corrected chi connectivity index (χ1v) is 24.4. The van der Waals surface area contributed by atoms with E-state index < -0.39 is 0 Å². The highest BCUT2D eigenvalue weighted by atomic mass is 16.7. The molecular formula is C49H87NO6. The summed E-state index contributed by atoms with van der Waals surface area (Å²) in [6.07, 6.45) is 35.0. The molecule has 4 aliphatic rings. The van der Waals surface area contributed by atoms with Crippen LogP contribution < -0.4 is 0 Å². The summed E-state index contributed by atoms with van der Waals surface area (Å²) in [4.78, 5) is 27.8. The predicted octanol–water partition coefficient (Wildman–Crippen LogP) is 11.9. The molecule has 56 heavy (non-hydrogen) atoms. The summed E-state index contributed by atoms with van der Waals surface area (Å²) in [7, 11) is 0. The van der Waals surface area contributed by atoms with Gasteiger partial charge in [-0.05, 0) is 152 Å². The molecule has 0 spiro atoms. The molecule has 1 N–H and O–H groups in total. The number of aliphatic hydroxyl groups excluding tert-OH is 1. The number of allylic oxidation sites excluding steroid dienone is 1. The molecular weight excluding hydrogens is 699 g/mol. The Kier molecular flexibility index (Phi) is 23.3. The van der Waals surface area contributed by atoms with Crippen molar-refractivity contribution in [3.63, 3.8) is 0 Å². The Bertz CT molecular complexity index is 1100. The number of nitrogens with zero attached hydrogens (tertiary/aromatic N) is 1.